The number of ether oxygens (including phenoxy) is 3. The molecule has 0 bridgehead atoms. The van der Waals surface area contributed by atoms with Crippen molar-refractivity contribution in [2.45, 2.75) is 12.5 Å². The van der Waals surface area contributed by atoms with E-state index in [1.807, 2.05) is 0 Å². The van der Waals surface area contributed by atoms with Crippen molar-refractivity contribution in [3.05, 3.63) is 17.9 Å². The Morgan fingerprint density at radius 1 is 1.24 bits per heavy atom. The first-order valence-electron chi connectivity index (χ1n) is 5.79. The van der Waals surface area contributed by atoms with E-state index in [0.29, 0.717) is 24.7 Å². The Hall–Kier alpha value is -1.49. The van der Waals surface area contributed by atoms with Gasteiger partial charge in [-0.1, -0.05) is 0 Å². The first-order chi connectivity index (χ1) is 8.33. The average Bonchev–Trinajstić information content (AvgIpc) is 2.83. The molecule has 0 aliphatic carbocycles. The fourth-order valence-corrected chi connectivity index (χ4v) is 2.04. The van der Waals surface area contributed by atoms with Crippen molar-refractivity contribution in [2.75, 3.05) is 26.3 Å². The summed E-state index contributed by atoms with van der Waals surface area (Å²) in [5.41, 5.74) is 0. The third-order valence-corrected chi connectivity index (χ3v) is 2.91. The van der Waals surface area contributed by atoms with Gasteiger partial charge in [0.15, 0.2) is 23.1 Å². The summed E-state index contributed by atoms with van der Waals surface area (Å²) in [5.74, 6) is 0.841. The Balaban J connectivity index is 1.83. The van der Waals surface area contributed by atoms with E-state index < -0.39 is 5.82 Å². The van der Waals surface area contributed by atoms with E-state index in [1.165, 1.54) is 6.07 Å². The summed E-state index contributed by atoms with van der Waals surface area (Å²) in [5, 5.41) is 3.17. The molecule has 1 fully saturated rings. The number of hydrogen-bond donors (Lipinski definition) is 1. The van der Waals surface area contributed by atoms with Gasteiger partial charge in [-0.25, -0.2) is 4.39 Å². The lowest BCUT2D eigenvalue weighted by molar-refractivity contribution is 0.166. The molecule has 0 aromatic heterocycles. The summed E-state index contributed by atoms with van der Waals surface area (Å²) in [6, 6.07) is 2.90. The first kappa shape index (κ1) is 10.7. The van der Waals surface area contributed by atoms with Crippen LogP contribution >= 0.6 is 0 Å². The molecule has 1 N–H and O–H groups in total. The maximum Gasteiger partial charge on any atom is 0.169 e. The molecule has 0 saturated carbocycles. The number of halogens is 1. The molecule has 1 aromatic rings. The van der Waals surface area contributed by atoms with Crippen LogP contribution in [0.4, 0.5) is 4.39 Å². The lowest BCUT2D eigenvalue weighted by atomic mass is 10.2. The molecular formula is C12H14FNO3. The van der Waals surface area contributed by atoms with Crippen molar-refractivity contribution in [1.29, 1.82) is 0 Å². The van der Waals surface area contributed by atoms with Gasteiger partial charge in [-0.2, -0.15) is 0 Å². The summed E-state index contributed by atoms with van der Waals surface area (Å²) in [4.78, 5) is 0. The number of hydrogen-bond acceptors (Lipinski definition) is 4. The Morgan fingerprint density at radius 3 is 2.71 bits per heavy atom. The van der Waals surface area contributed by atoms with Crippen molar-refractivity contribution >= 4 is 0 Å². The molecule has 17 heavy (non-hydrogen) atoms. The van der Waals surface area contributed by atoms with Gasteiger partial charge in [-0.3, -0.25) is 0 Å². The fourth-order valence-electron chi connectivity index (χ4n) is 2.04. The minimum atomic E-state index is -0.402. The third kappa shape index (κ3) is 2.15. The van der Waals surface area contributed by atoms with E-state index in [0.717, 1.165) is 19.5 Å². The number of nitrogens with one attached hydrogen (secondary N) is 1. The van der Waals surface area contributed by atoms with Crippen LogP contribution in [0.15, 0.2) is 12.1 Å². The van der Waals surface area contributed by atoms with Gasteiger partial charge in [0.25, 0.3) is 0 Å². The van der Waals surface area contributed by atoms with E-state index in [4.69, 9.17) is 14.2 Å². The SMILES string of the molecule is Fc1cc2c(cc1OC1CCNC1)OCCO2. The summed E-state index contributed by atoms with van der Waals surface area (Å²) < 4.78 is 30.0. The molecule has 1 atom stereocenters. The lowest BCUT2D eigenvalue weighted by Crippen LogP contribution is -2.21. The quantitative estimate of drug-likeness (QED) is 0.845. The predicted molar refractivity (Wildman–Crippen MR) is 59.3 cm³/mol. The van der Waals surface area contributed by atoms with E-state index >= 15 is 0 Å². The molecule has 1 saturated heterocycles. The zero-order valence-electron chi connectivity index (χ0n) is 9.37. The third-order valence-electron chi connectivity index (χ3n) is 2.91. The van der Waals surface area contributed by atoms with Crippen LogP contribution in [-0.4, -0.2) is 32.4 Å². The summed E-state index contributed by atoms with van der Waals surface area (Å²) >= 11 is 0. The zero-order chi connectivity index (χ0) is 11.7. The van der Waals surface area contributed by atoms with Crippen molar-refractivity contribution in [3.8, 4) is 17.2 Å². The van der Waals surface area contributed by atoms with Crippen molar-refractivity contribution < 1.29 is 18.6 Å². The maximum absolute atomic E-state index is 13.8. The second-order valence-corrected chi connectivity index (χ2v) is 4.16. The number of rotatable bonds is 2. The zero-order valence-corrected chi connectivity index (χ0v) is 9.37. The second-order valence-electron chi connectivity index (χ2n) is 4.16. The van der Waals surface area contributed by atoms with Crippen LogP contribution in [0.1, 0.15) is 6.42 Å². The summed E-state index contributed by atoms with van der Waals surface area (Å²) in [6.07, 6.45) is 0.931. The average molecular weight is 239 g/mol. The smallest absolute Gasteiger partial charge is 0.169 e. The van der Waals surface area contributed by atoms with Crippen LogP contribution in [0, 0.1) is 5.82 Å². The molecular weight excluding hydrogens is 225 g/mol. The monoisotopic (exact) mass is 239 g/mol. The molecule has 3 rings (SSSR count). The highest BCUT2D eigenvalue weighted by molar-refractivity contribution is 5.47. The van der Waals surface area contributed by atoms with E-state index in [9.17, 15) is 4.39 Å². The Labute approximate surface area is 98.7 Å². The number of fused-ring (bicyclic) bond motifs is 1. The topological polar surface area (TPSA) is 39.7 Å². The summed E-state index contributed by atoms with van der Waals surface area (Å²) in [6.45, 7) is 2.62. The Morgan fingerprint density at radius 2 is 2.00 bits per heavy atom. The van der Waals surface area contributed by atoms with Crippen molar-refractivity contribution in [1.82, 2.24) is 5.32 Å². The molecule has 1 unspecified atom stereocenters. The van der Waals surface area contributed by atoms with Crippen LogP contribution in [0.25, 0.3) is 0 Å². The van der Waals surface area contributed by atoms with E-state index in [1.54, 1.807) is 6.07 Å². The Kier molecular flexibility index (Phi) is 2.76. The van der Waals surface area contributed by atoms with Gasteiger partial charge in [0.1, 0.15) is 19.3 Å². The normalized spacial score (nSPS) is 22.5. The highest BCUT2D eigenvalue weighted by Crippen LogP contribution is 2.36. The van der Waals surface area contributed by atoms with Gasteiger partial charge < -0.3 is 19.5 Å². The standard InChI is InChI=1S/C12H14FNO3/c13-9-5-11-12(16-4-3-15-11)6-10(9)17-8-1-2-14-7-8/h5-6,8,14H,1-4,7H2. The molecule has 0 amide bonds. The largest absolute Gasteiger partial charge is 0.486 e. The molecule has 4 nitrogen and oxygen atoms in total. The van der Waals surface area contributed by atoms with Gasteiger partial charge in [0.05, 0.1) is 0 Å². The molecule has 92 valence electrons. The molecule has 5 heteroatoms. The number of benzene rings is 1. The molecule has 2 aliphatic rings. The predicted octanol–water partition coefficient (Wildman–Crippen LogP) is 1.34. The van der Waals surface area contributed by atoms with Crippen LogP contribution in [-0.2, 0) is 0 Å². The van der Waals surface area contributed by atoms with E-state index in [2.05, 4.69) is 5.32 Å². The van der Waals surface area contributed by atoms with E-state index in [-0.39, 0.29) is 11.9 Å². The maximum atomic E-state index is 13.8. The second kappa shape index (κ2) is 4.41. The fraction of sp³-hybridized carbons (Fsp3) is 0.500. The van der Waals surface area contributed by atoms with Crippen LogP contribution < -0.4 is 19.5 Å². The van der Waals surface area contributed by atoms with Gasteiger partial charge in [0, 0.05) is 18.7 Å². The van der Waals surface area contributed by atoms with Crippen LogP contribution in [0.3, 0.4) is 0 Å². The first-order valence-corrected chi connectivity index (χ1v) is 5.79. The minimum Gasteiger partial charge on any atom is -0.486 e. The van der Waals surface area contributed by atoms with Crippen LogP contribution in [0.2, 0.25) is 0 Å². The van der Waals surface area contributed by atoms with Crippen molar-refractivity contribution in [2.24, 2.45) is 0 Å². The molecule has 2 aliphatic heterocycles. The van der Waals surface area contributed by atoms with Crippen molar-refractivity contribution in [3.63, 3.8) is 0 Å². The molecule has 0 spiro atoms. The minimum absolute atomic E-state index is 0.0343. The van der Waals surface area contributed by atoms with Gasteiger partial charge in [0.2, 0.25) is 0 Å². The molecule has 2 heterocycles. The lowest BCUT2D eigenvalue weighted by Gasteiger charge is -2.20. The molecule has 1 aromatic carbocycles. The Bertz CT molecular complexity index is 418. The molecule has 0 radical (unpaired) electrons. The van der Waals surface area contributed by atoms with Crippen LogP contribution in [0.5, 0.6) is 17.2 Å². The highest BCUT2D eigenvalue weighted by atomic mass is 19.1. The van der Waals surface area contributed by atoms with Gasteiger partial charge in [-0.15, -0.1) is 0 Å². The highest BCUT2D eigenvalue weighted by Gasteiger charge is 2.21. The summed E-state index contributed by atoms with van der Waals surface area (Å²) in [7, 11) is 0. The van der Waals surface area contributed by atoms with Gasteiger partial charge in [-0.05, 0) is 13.0 Å². The van der Waals surface area contributed by atoms with Gasteiger partial charge >= 0.3 is 0 Å².